The summed E-state index contributed by atoms with van der Waals surface area (Å²) in [6, 6.07) is 3.67. The number of aliphatic hydroxyl groups is 1. The molecular formula is C25H38F2N2O2. The number of hydrogen-bond acceptors (Lipinski definition) is 3. The Balaban J connectivity index is 1.88. The summed E-state index contributed by atoms with van der Waals surface area (Å²) in [5.74, 6) is -1.95. The minimum atomic E-state index is -0.763. The van der Waals surface area contributed by atoms with Gasteiger partial charge in [0.2, 0.25) is 5.91 Å². The molecule has 2 aliphatic rings. The third-order valence-electron chi connectivity index (χ3n) is 7.61. The number of benzene rings is 1. The Morgan fingerprint density at radius 2 is 1.74 bits per heavy atom. The number of hydrogen-bond donors (Lipinski definition) is 1. The van der Waals surface area contributed by atoms with Gasteiger partial charge in [0, 0.05) is 55.5 Å². The molecule has 174 valence electrons. The van der Waals surface area contributed by atoms with E-state index in [0.29, 0.717) is 31.7 Å². The van der Waals surface area contributed by atoms with Crippen molar-refractivity contribution in [3.8, 4) is 0 Å². The molecule has 0 aliphatic carbocycles. The zero-order chi connectivity index (χ0) is 23.1. The number of amides is 1. The normalized spacial score (nSPS) is 32.5. The smallest absolute Gasteiger partial charge is 0.227 e. The minimum absolute atomic E-state index is 0.0118. The van der Waals surface area contributed by atoms with Crippen LogP contribution < -0.4 is 0 Å². The molecule has 1 N–H and O–H groups in total. The first kappa shape index (κ1) is 24.1. The van der Waals surface area contributed by atoms with Gasteiger partial charge in [-0.15, -0.1) is 0 Å². The molecule has 0 aromatic heterocycles. The van der Waals surface area contributed by atoms with Crippen LogP contribution in [0.25, 0.3) is 0 Å². The molecule has 2 fully saturated rings. The highest BCUT2D eigenvalue weighted by Crippen LogP contribution is 2.41. The van der Waals surface area contributed by atoms with E-state index in [1.165, 1.54) is 12.1 Å². The maximum absolute atomic E-state index is 14.7. The van der Waals surface area contributed by atoms with E-state index in [1.807, 2.05) is 18.7 Å². The van der Waals surface area contributed by atoms with Gasteiger partial charge in [-0.2, -0.15) is 0 Å². The second-order valence-corrected chi connectivity index (χ2v) is 10.7. The highest BCUT2D eigenvalue weighted by Gasteiger charge is 2.49. The number of rotatable bonds is 4. The van der Waals surface area contributed by atoms with E-state index in [4.69, 9.17) is 0 Å². The van der Waals surface area contributed by atoms with Crippen LogP contribution in [0.5, 0.6) is 0 Å². The highest BCUT2D eigenvalue weighted by molar-refractivity contribution is 5.81. The molecular weight excluding hydrogens is 398 g/mol. The van der Waals surface area contributed by atoms with E-state index in [-0.39, 0.29) is 29.2 Å². The predicted octanol–water partition coefficient (Wildman–Crippen LogP) is 4.42. The van der Waals surface area contributed by atoms with E-state index in [0.717, 1.165) is 18.9 Å². The van der Waals surface area contributed by atoms with E-state index < -0.39 is 23.2 Å². The van der Waals surface area contributed by atoms with Crippen molar-refractivity contribution in [2.45, 2.75) is 71.4 Å². The van der Waals surface area contributed by atoms with Gasteiger partial charge in [-0.25, -0.2) is 8.78 Å². The minimum Gasteiger partial charge on any atom is -0.389 e. The molecule has 2 heterocycles. The van der Waals surface area contributed by atoms with Crippen LogP contribution in [0.3, 0.4) is 0 Å². The van der Waals surface area contributed by atoms with Crippen LogP contribution in [0.1, 0.15) is 65.9 Å². The maximum Gasteiger partial charge on any atom is 0.227 e. The molecule has 1 aromatic carbocycles. The fourth-order valence-corrected chi connectivity index (χ4v) is 5.56. The van der Waals surface area contributed by atoms with Gasteiger partial charge < -0.3 is 10.0 Å². The maximum atomic E-state index is 14.7. The van der Waals surface area contributed by atoms with Gasteiger partial charge in [0.1, 0.15) is 11.6 Å². The monoisotopic (exact) mass is 436 g/mol. The zero-order valence-corrected chi connectivity index (χ0v) is 19.8. The standard InChI is InChI=1S/C25H38F2N2O2/c1-7-10-25(31)16(2)12-28(13-17(25)3)23(30)21-15-29(24(4,5)6)14-20(21)19-9-8-18(26)11-22(19)27/h8-9,11,16-17,20-21,31H,7,10,12-15H2,1-6H3/t16-,17+,20-,21+,25?/m0/s1. The fourth-order valence-electron chi connectivity index (χ4n) is 5.56. The summed E-state index contributed by atoms with van der Waals surface area (Å²) in [5.41, 5.74) is -0.513. The Morgan fingerprint density at radius 3 is 2.26 bits per heavy atom. The molecule has 0 spiro atoms. The van der Waals surface area contributed by atoms with Gasteiger partial charge in [-0.1, -0.05) is 33.3 Å². The molecule has 3 rings (SSSR count). The Hall–Kier alpha value is -1.53. The summed E-state index contributed by atoms with van der Waals surface area (Å²) < 4.78 is 28.2. The number of halogens is 2. The third kappa shape index (κ3) is 4.65. The van der Waals surface area contributed by atoms with Crippen LogP contribution >= 0.6 is 0 Å². The molecule has 2 aliphatic heterocycles. The number of carbonyl (C=O) groups is 1. The van der Waals surface area contributed by atoms with Gasteiger partial charge in [0.15, 0.2) is 0 Å². The second-order valence-electron chi connectivity index (χ2n) is 10.7. The summed E-state index contributed by atoms with van der Waals surface area (Å²) in [6.45, 7) is 14.5. The zero-order valence-electron chi connectivity index (χ0n) is 19.8. The van der Waals surface area contributed by atoms with E-state index in [2.05, 4.69) is 32.6 Å². The summed E-state index contributed by atoms with van der Waals surface area (Å²) in [5, 5.41) is 11.2. The summed E-state index contributed by atoms with van der Waals surface area (Å²) in [4.78, 5) is 17.8. The van der Waals surface area contributed by atoms with E-state index in [9.17, 15) is 18.7 Å². The lowest BCUT2D eigenvalue weighted by Crippen LogP contribution is -2.58. The van der Waals surface area contributed by atoms with Crippen LogP contribution in [0, 0.1) is 29.4 Å². The number of nitrogens with zero attached hydrogens (tertiary/aromatic N) is 2. The molecule has 2 saturated heterocycles. The van der Waals surface area contributed by atoms with Crippen LogP contribution in [0.15, 0.2) is 18.2 Å². The number of likely N-dealkylation sites (tertiary alicyclic amines) is 2. The van der Waals surface area contributed by atoms with Crippen molar-refractivity contribution >= 4 is 5.91 Å². The molecule has 4 nitrogen and oxygen atoms in total. The lowest BCUT2D eigenvalue weighted by Gasteiger charge is -2.48. The predicted molar refractivity (Wildman–Crippen MR) is 119 cm³/mol. The average molecular weight is 437 g/mol. The second kappa shape index (κ2) is 8.78. The van der Waals surface area contributed by atoms with Crippen molar-refractivity contribution in [2.24, 2.45) is 17.8 Å². The van der Waals surface area contributed by atoms with Gasteiger partial charge in [-0.3, -0.25) is 9.69 Å². The fraction of sp³-hybridized carbons (Fsp3) is 0.720. The summed E-state index contributed by atoms with van der Waals surface area (Å²) in [7, 11) is 0. The van der Waals surface area contributed by atoms with Crippen LogP contribution in [0.4, 0.5) is 8.78 Å². The molecule has 0 radical (unpaired) electrons. The molecule has 0 bridgehead atoms. The Morgan fingerprint density at radius 1 is 1.13 bits per heavy atom. The highest BCUT2D eigenvalue weighted by atomic mass is 19.1. The van der Waals surface area contributed by atoms with Crippen molar-refractivity contribution in [1.82, 2.24) is 9.80 Å². The van der Waals surface area contributed by atoms with Crippen LogP contribution in [0.2, 0.25) is 0 Å². The lowest BCUT2D eigenvalue weighted by molar-refractivity contribution is -0.152. The van der Waals surface area contributed by atoms with Crippen molar-refractivity contribution in [1.29, 1.82) is 0 Å². The molecule has 5 atom stereocenters. The van der Waals surface area contributed by atoms with Gasteiger partial charge >= 0.3 is 0 Å². The van der Waals surface area contributed by atoms with Crippen molar-refractivity contribution in [3.05, 3.63) is 35.4 Å². The van der Waals surface area contributed by atoms with Gasteiger partial charge in [0.05, 0.1) is 11.5 Å². The molecule has 31 heavy (non-hydrogen) atoms. The molecule has 0 saturated carbocycles. The topological polar surface area (TPSA) is 43.8 Å². The number of carbonyl (C=O) groups excluding carboxylic acids is 1. The van der Waals surface area contributed by atoms with Gasteiger partial charge in [0.25, 0.3) is 0 Å². The summed E-state index contributed by atoms with van der Waals surface area (Å²) >= 11 is 0. The van der Waals surface area contributed by atoms with Gasteiger partial charge in [-0.05, 0) is 38.8 Å². The van der Waals surface area contributed by atoms with Crippen LogP contribution in [-0.2, 0) is 4.79 Å². The first-order valence-electron chi connectivity index (χ1n) is 11.6. The first-order chi connectivity index (χ1) is 14.4. The largest absolute Gasteiger partial charge is 0.389 e. The van der Waals surface area contributed by atoms with Crippen LogP contribution in [-0.4, -0.2) is 58.1 Å². The van der Waals surface area contributed by atoms with E-state index in [1.54, 1.807) is 0 Å². The van der Waals surface area contributed by atoms with E-state index >= 15 is 0 Å². The Bertz CT molecular complexity index is 795. The quantitative estimate of drug-likeness (QED) is 0.760. The number of piperidine rings is 1. The van der Waals surface area contributed by atoms with Crippen molar-refractivity contribution in [3.63, 3.8) is 0 Å². The van der Waals surface area contributed by atoms with Crippen molar-refractivity contribution in [2.75, 3.05) is 26.2 Å². The van der Waals surface area contributed by atoms with Crippen molar-refractivity contribution < 1.29 is 18.7 Å². The Labute approximate surface area is 185 Å². The first-order valence-corrected chi connectivity index (χ1v) is 11.6. The molecule has 6 heteroatoms. The Kier molecular flexibility index (Phi) is 6.83. The SMILES string of the molecule is CCCC1(O)[C@H](C)CN(C(=O)[C@@H]2CN(C(C)(C)C)C[C@H]2c2ccc(F)cc2F)C[C@@H]1C. The summed E-state index contributed by atoms with van der Waals surface area (Å²) in [6.07, 6.45) is 1.62. The molecule has 1 unspecified atom stereocenters. The average Bonchev–Trinajstić information content (AvgIpc) is 3.11. The lowest BCUT2D eigenvalue weighted by atomic mass is 9.72. The third-order valence-corrected chi connectivity index (χ3v) is 7.61. The molecule has 1 amide bonds. The molecule has 1 aromatic rings.